The molecule has 0 saturated heterocycles. The van der Waals surface area contributed by atoms with Gasteiger partial charge in [-0.05, 0) is 38.7 Å². The summed E-state index contributed by atoms with van der Waals surface area (Å²) in [6, 6.07) is 26.4. The van der Waals surface area contributed by atoms with E-state index in [-0.39, 0.29) is 5.97 Å². The zero-order valence-corrected chi connectivity index (χ0v) is 13.3. The van der Waals surface area contributed by atoms with Crippen LogP contribution in [0.1, 0.15) is 10.4 Å². The Hall–Kier alpha value is -3.13. The average molecular weight is 312 g/mol. The molecule has 116 valence electrons. The zero-order valence-electron chi connectivity index (χ0n) is 13.3. The van der Waals surface area contributed by atoms with E-state index in [0.717, 1.165) is 16.5 Å². The van der Waals surface area contributed by atoms with Gasteiger partial charge in [0.15, 0.2) is 0 Å². The van der Waals surface area contributed by atoms with Crippen molar-refractivity contribution in [2.45, 2.75) is 0 Å². The van der Waals surface area contributed by atoms with E-state index in [1.165, 1.54) is 23.3 Å². The molecule has 4 rings (SSSR count). The summed E-state index contributed by atoms with van der Waals surface area (Å²) in [7, 11) is 1.41. The number of fused-ring (bicyclic) bond motifs is 3. The van der Waals surface area contributed by atoms with E-state index in [1.54, 1.807) is 6.07 Å². The van der Waals surface area contributed by atoms with E-state index < -0.39 is 0 Å². The first-order chi connectivity index (χ1) is 11.8. The summed E-state index contributed by atoms with van der Waals surface area (Å²) in [5.74, 6) is -0.316. The van der Waals surface area contributed by atoms with Crippen LogP contribution in [0.25, 0.3) is 32.7 Å². The Labute approximate surface area is 140 Å². The molecule has 2 nitrogen and oxygen atoms in total. The van der Waals surface area contributed by atoms with Crippen molar-refractivity contribution in [1.29, 1.82) is 0 Å². The van der Waals surface area contributed by atoms with Crippen molar-refractivity contribution < 1.29 is 9.53 Å². The van der Waals surface area contributed by atoms with Crippen molar-refractivity contribution in [2.75, 3.05) is 7.11 Å². The number of carbonyl (C=O) groups is 1. The highest BCUT2D eigenvalue weighted by molar-refractivity contribution is 6.13. The quantitative estimate of drug-likeness (QED) is 0.363. The maximum absolute atomic E-state index is 12.1. The molecule has 0 unspecified atom stereocenters. The molecule has 0 bridgehead atoms. The van der Waals surface area contributed by atoms with Gasteiger partial charge >= 0.3 is 5.97 Å². The predicted octanol–water partition coefficient (Wildman–Crippen LogP) is 5.45. The van der Waals surface area contributed by atoms with Crippen molar-refractivity contribution in [1.82, 2.24) is 0 Å². The largest absolute Gasteiger partial charge is 0.465 e. The summed E-state index contributed by atoms with van der Waals surface area (Å²) in [4.78, 5) is 12.1. The van der Waals surface area contributed by atoms with Gasteiger partial charge in [0.05, 0.1) is 12.7 Å². The van der Waals surface area contributed by atoms with E-state index >= 15 is 0 Å². The third-order valence-corrected chi connectivity index (χ3v) is 4.41. The van der Waals surface area contributed by atoms with Crippen LogP contribution >= 0.6 is 0 Å². The first-order valence-electron chi connectivity index (χ1n) is 7.88. The van der Waals surface area contributed by atoms with E-state index in [2.05, 4.69) is 42.5 Å². The van der Waals surface area contributed by atoms with Crippen LogP contribution in [0.4, 0.5) is 0 Å². The highest BCUT2D eigenvalue weighted by atomic mass is 16.5. The number of carbonyl (C=O) groups excluding carboxylic acids is 1. The van der Waals surface area contributed by atoms with Crippen LogP contribution in [0.3, 0.4) is 0 Å². The molecule has 0 atom stereocenters. The highest BCUT2D eigenvalue weighted by Gasteiger charge is 2.14. The van der Waals surface area contributed by atoms with Gasteiger partial charge in [-0.15, -0.1) is 0 Å². The first-order valence-corrected chi connectivity index (χ1v) is 7.88. The Morgan fingerprint density at radius 2 is 1.38 bits per heavy atom. The molecule has 0 heterocycles. The van der Waals surface area contributed by atoms with Crippen molar-refractivity contribution in [3.05, 3.63) is 84.4 Å². The molecule has 0 aliphatic heterocycles. The van der Waals surface area contributed by atoms with E-state index in [9.17, 15) is 4.79 Å². The number of hydrogen-bond acceptors (Lipinski definition) is 2. The SMILES string of the molecule is COC(=O)c1ccccc1-c1cccc2c1ccc1ccccc12. The van der Waals surface area contributed by atoms with Gasteiger partial charge in [0, 0.05) is 0 Å². The lowest BCUT2D eigenvalue weighted by molar-refractivity contribution is 0.0601. The standard InChI is InChI=1S/C22H16O2/c1-24-22(23)21-10-5-4-9-19(21)18-12-6-11-17-16-8-3-2-7-15(16)13-14-20(17)18/h2-14H,1H3. The fourth-order valence-electron chi connectivity index (χ4n) is 3.28. The minimum absolute atomic E-state index is 0.316. The third-order valence-electron chi connectivity index (χ3n) is 4.41. The van der Waals surface area contributed by atoms with Gasteiger partial charge in [-0.25, -0.2) is 4.79 Å². The first kappa shape index (κ1) is 14.5. The lowest BCUT2D eigenvalue weighted by Gasteiger charge is -2.12. The number of ether oxygens (including phenoxy) is 1. The monoisotopic (exact) mass is 312 g/mol. The summed E-state index contributed by atoms with van der Waals surface area (Å²) >= 11 is 0. The van der Waals surface area contributed by atoms with Gasteiger partial charge in [0.1, 0.15) is 0 Å². The van der Waals surface area contributed by atoms with Gasteiger partial charge in [-0.1, -0.05) is 72.8 Å². The fourth-order valence-corrected chi connectivity index (χ4v) is 3.28. The molecular formula is C22H16O2. The summed E-state index contributed by atoms with van der Waals surface area (Å²) in [6.07, 6.45) is 0. The maximum Gasteiger partial charge on any atom is 0.338 e. The predicted molar refractivity (Wildman–Crippen MR) is 98.2 cm³/mol. The number of benzene rings is 4. The van der Waals surface area contributed by atoms with Crippen LogP contribution < -0.4 is 0 Å². The highest BCUT2D eigenvalue weighted by Crippen LogP contribution is 2.34. The molecule has 0 N–H and O–H groups in total. The van der Waals surface area contributed by atoms with Gasteiger partial charge in [-0.3, -0.25) is 0 Å². The minimum atomic E-state index is -0.316. The molecule has 4 aromatic carbocycles. The van der Waals surface area contributed by atoms with Crippen LogP contribution in [0.15, 0.2) is 78.9 Å². The van der Waals surface area contributed by atoms with Crippen LogP contribution in [0.2, 0.25) is 0 Å². The number of hydrogen-bond donors (Lipinski definition) is 0. The third kappa shape index (κ3) is 2.24. The Morgan fingerprint density at radius 3 is 2.25 bits per heavy atom. The average Bonchev–Trinajstić information content (AvgIpc) is 2.66. The Kier molecular flexibility index (Phi) is 3.51. The summed E-state index contributed by atoms with van der Waals surface area (Å²) in [5.41, 5.74) is 2.52. The lowest BCUT2D eigenvalue weighted by Crippen LogP contribution is -2.03. The molecule has 0 aromatic heterocycles. The smallest absolute Gasteiger partial charge is 0.338 e. The normalized spacial score (nSPS) is 10.9. The van der Waals surface area contributed by atoms with E-state index in [1.807, 2.05) is 30.3 Å². The summed E-state index contributed by atoms with van der Waals surface area (Å²) in [5, 5.41) is 4.74. The summed E-state index contributed by atoms with van der Waals surface area (Å²) in [6.45, 7) is 0. The van der Waals surface area contributed by atoms with Crippen LogP contribution in [-0.2, 0) is 4.74 Å². The van der Waals surface area contributed by atoms with Crippen LogP contribution in [0, 0.1) is 0 Å². The van der Waals surface area contributed by atoms with Crippen molar-refractivity contribution in [3.63, 3.8) is 0 Å². The Bertz CT molecular complexity index is 1060. The van der Waals surface area contributed by atoms with Gasteiger partial charge < -0.3 is 4.74 Å². The molecule has 0 saturated carbocycles. The molecule has 0 aliphatic rings. The molecule has 24 heavy (non-hydrogen) atoms. The molecule has 2 heteroatoms. The molecule has 0 radical (unpaired) electrons. The number of esters is 1. The topological polar surface area (TPSA) is 26.3 Å². The number of rotatable bonds is 2. The second-order valence-corrected chi connectivity index (χ2v) is 5.72. The molecule has 4 aromatic rings. The van der Waals surface area contributed by atoms with Gasteiger partial charge in [0.25, 0.3) is 0 Å². The summed E-state index contributed by atoms with van der Waals surface area (Å²) < 4.78 is 4.94. The number of methoxy groups -OCH3 is 1. The Balaban J connectivity index is 2.06. The van der Waals surface area contributed by atoms with Crippen LogP contribution in [0.5, 0.6) is 0 Å². The molecule has 0 spiro atoms. The maximum atomic E-state index is 12.1. The molecule has 0 aliphatic carbocycles. The van der Waals surface area contributed by atoms with Gasteiger partial charge in [-0.2, -0.15) is 0 Å². The van der Waals surface area contributed by atoms with Crippen molar-refractivity contribution in [2.24, 2.45) is 0 Å². The second kappa shape index (κ2) is 5.82. The second-order valence-electron chi connectivity index (χ2n) is 5.72. The molecule has 0 amide bonds. The molecule has 0 fully saturated rings. The fraction of sp³-hybridized carbons (Fsp3) is 0.0455. The Morgan fingerprint density at radius 1 is 0.667 bits per heavy atom. The minimum Gasteiger partial charge on any atom is -0.465 e. The van der Waals surface area contributed by atoms with Gasteiger partial charge in [0.2, 0.25) is 0 Å². The van der Waals surface area contributed by atoms with E-state index in [0.29, 0.717) is 5.56 Å². The van der Waals surface area contributed by atoms with Crippen molar-refractivity contribution >= 4 is 27.5 Å². The van der Waals surface area contributed by atoms with Crippen molar-refractivity contribution in [3.8, 4) is 11.1 Å². The molecular weight excluding hydrogens is 296 g/mol. The van der Waals surface area contributed by atoms with E-state index in [4.69, 9.17) is 4.74 Å². The lowest BCUT2D eigenvalue weighted by atomic mass is 9.92. The zero-order chi connectivity index (χ0) is 16.5. The van der Waals surface area contributed by atoms with Crippen LogP contribution in [-0.4, -0.2) is 13.1 Å².